The van der Waals surface area contributed by atoms with Gasteiger partial charge in [-0.05, 0) is 34.9 Å². The van der Waals surface area contributed by atoms with E-state index in [9.17, 15) is 14.4 Å². The summed E-state index contributed by atoms with van der Waals surface area (Å²) in [6, 6.07) is 10.7. The van der Waals surface area contributed by atoms with E-state index in [0.717, 1.165) is 16.7 Å². The number of carboxylic acid groups (broad SMARTS) is 1. The molecule has 1 aliphatic heterocycles. The average Bonchev–Trinajstić information content (AvgIpc) is 3.00. The van der Waals surface area contributed by atoms with Crippen molar-refractivity contribution in [3.8, 4) is 11.1 Å². The molecule has 25 heavy (non-hydrogen) atoms. The normalized spacial score (nSPS) is 13.7. The number of hydrogen-bond acceptors (Lipinski definition) is 4. The van der Waals surface area contributed by atoms with E-state index in [2.05, 4.69) is 10.6 Å². The van der Waals surface area contributed by atoms with Crippen LogP contribution in [0.25, 0.3) is 11.1 Å². The summed E-state index contributed by atoms with van der Waals surface area (Å²) in [7, 11) is 0. The highest BCUT2D eigenvalue weighted by atomic mass is 16.4. The number of nitrogens with one attached hydrogen (secondary N) is 2. The molecule has 7 nitrogen and oxygen atoms in total. The molecule has 0 aliphatic carbocycles. The van der Waals surface area contributed by atoms with Crippen molar-refractivity contribution in [2.45, 2.75) is 12.6 Å². The highest BCUT2D eigenvalue weighted by Gasteiger charge is 2.23. The van der Waals surface area contributed by atoms with E-state index >= 15 is 0 Å². The molecule has 0 aromatic heterocycles. The summed E-state index contributed by atoms with van der Waals surface area (Å²) < 4.78 is 0. The fourth-order valence-electron chi connectivity index (χ4n) is 2.78. The summed E-state index contributed by atoms with van der Waals surface area (Å²) in [5, 5.41) is 23.0. The fourth-order valence-corrected chi connectivity index (χ4v) is 2.78. The van der Waals surface area contributed by atoms with E-state index in [-0.39, 0.29) is 11.5 Å². The van der Waals surface area contributed by atoms with Crippen molar-refractivity contribution < 1.29 is 24.6 Å². The topological polar surface area (TPSA) is 116 Å². The molecule has 3 rings (SSSR count). The van der Waals surface area contributed by atoms with Gasteiger partial charge in [0.2, 0.25) is 0 Å². The minimum Gasteiger partial charge on any atom is -0.480 e. The van der Waals surface area contributed by atoms with Crippen molar-refractivity contribution >= 4 is 17.8 Å². The first-order valence-electron chi connectivity index (χ1n) is 7.66. The third-order valence-electron chi connectivity index (χ3n) is 4.07. The Morgan fingerprint density at radius 3 is 2.60 bits per heavy atom. The van der Waals surface area contributed by atoms with Crippen LogP contribution in [0.2, 0.25) is 0 Å². The van der Waals surface area contributed by atoms with Crippen LogP contribution in [-0.4, -0.2) is 40.6 Å². The zero-order chi connectivity index (χ0) is 18.0. The van der Waals surface area contributed by atoms with Crippen molar-refractivity contribution in [3.05, 3.63) is 59.2 Å². The van der Waals surface area contributed by atoms with Crippen LogP contribution in [0.5, 0.6) is 0 Å². The van der Waals surface area contributed by atoms with Crippen molar-refractivity contribution in [1.82, 2.24) is 10.6 Å². The standard InChI is InChI=1S/C18H16N2O5/c21-9-15(18(24)25)20-16(22)11-4-1-3-10(7-11)12-5-2-6-13-14(12)8-19-17(13)23/h1-7,15,21H,8-9H2,(H,19,23)(H,20,22)(H,24,25). The average molecular weight is 340 g/mol. The molecule has 0 spiro atoms. The number of aliphatic carboxylic acids is 1. The summed E-state index contributed by atoms with van der Waals surface area (Å²) in [4.78, 5) is 35.0. The van der Waals surface area contributed by atoms with Crippen molar-refractivity contribution in [1.29, 1.82) is 0 Å². The lowest BCUT2D eigenvalue weighted by Gasteiger charge is -2.13. The van der Waals surface area contributed by atoms with Crippen molar-refractivity contribution in [2.75, 3.05) is 6.61 Å². The van der Waals surface area contributed by atoms with E-state index in [0.29, 0.717) is 12.1 Å². The molecule has 4 N–H and O–H groups in total. The molecule has 1 atom stereocenters. The number of carbonyl (C=O) groups is 3. The largest absolute Gasteiger partial charge is 0.480 e. The minimum absolute atomic E-state index is 0.127. The van der Waals surface area contributed by atoms with Gasteiger partial charge in [0.05, 0.1) is 6.61 Å². The lowest BCUT2D eigenvalue weighted by Crippen LogP contribution is -2.43. The molecular weight excluding hydrogens is 324 g/mol. The summed E-state index contributed by atoms with van der Waals surface area (Å²) in [5.74, 6) is -2.03. The number of rotatable bonds is 5. The van der Waals surface area contributed by atoms with Gasteiger partial charge in [0.25, 0.3) is 11.8 Å². The second-order valence-electron chi connectivity index (χ2n) is 5.64. The molecule has 2 amide bonds. The van der Waals surface area contributed by atoms with Crippen LogP contribution >= 0.6 is 0 Å². The molecular formula is C18H16N2O5. The minimum atomic E-state index is -1.36. The molecule has 1 heterocycles. The van der Waals surface area contributed by atoms with Crippen molar-refractivity contribution in [3.63, 3.8) is 0 Å². The Labute approximate surface area is 143 Å². The highest BCUT2D eigenvalue weighted by molar-refractivity contribution is 6.01. The predicted octanol–water partition coefficient (Wildman–Crippen LogP) is 0.772. The van der Waals surface area contributed by atoms with Gasteiger partial charge in [-0.2, -0.15) is 0 Å². The number of fused-ring (bicyclic) bond motifs is 1. The SMILES string of the molecule is O=C(NC(CO)C(=O)O)c1cccc(-c2cccc3c2CNC3=O)c1. The number of hydrogen-bond donors (Lipinski definition) is 4. The van der Waals surface area contributed by atoms with Crippen LogP contribution in [0.4, 0.5) is 0 Å². The number of carbonyl (C=O) groups excluding carboxylic acids is 2. The molecule has 1 aliphatic rings. The molecule has 2 aromatic rings. The summed E-state index contributed by atoms with van der Waals surface area (Å²) in [5.41, 5.74) is 3.33. The van der Waals surface area contributed by atoms with Gasteiger partial charge in [0.1, 0.15) is 0 Å². The maximum absolute atomic E-state index is 12.2. The third-order valence-corrected chi connectivity index (χ3v) is 4.07. The van der Waals surface area contributed by atoms with E-state index < -0.39 is 24.5 Å². The number of aliphatic hydroxyl groups excluding tert-OH is 1. The Kier molecular flexibility index (Phi) is 4.49. The van der Waals surface area contributed by atoms with Crippen LogP contribution in [-0.2, 0) is 11.3 Å². The summed E-state index contributed by atoms with van der Waals surface area (Å²) in [6.45, 7) is -0.271. The van der Waals surface area contributed by atoms with Crippen LogP contribution in [0, 0.1) is 0 Å². The lowest BCUT2D eigenvalue weighted by atomic mass is 9.95. The van der Waals surface area contributed by atoms with Crippen LogP contribution in [0.1, 0.15) is 26.3 Å². The van der Waals surface area contributed by atoms with Gasteiger partial charge in [-0.3, -0.25) is 9.59 Å². The number of carboxylic acids is 1. The predicted molar refractivity (Wildman–Crippen MR) is 89.0 cm³/mol. The first kappa shape index (κ1) is 16.7. The van der Waals surface area contributed by atoms with Crippen LogP contribution in [0.15, 0.2) is 42.5 Å². The Hall–Kier alpha value is -3.19. The fraction of sp³-hybridized carbons (Fsp3) is 0.167. The monoisotopic (exact) mass is 340 g/mol. The van der Waals surface area contributed by atoms with E-state index in [1.807, 2.05) is 12.1 Å². The molecule has 0 bridgehead atoms. The van der Waals surface area contributed by atoms with Gasteiger partial charge in [-0.25, -0.2) is 4.79 Å². The molecule has 1 unspecified atom stereocenters. The van der Waals surface area contributed by atoms with Crippen LogP contribution < -0.4 is 10.6 Å². The number of aliphatic hydroxyl groups is 1. The lowest BCUT2D eigenvalue weighted by molar-refractivity contribution is -0.140. The van der Waals surface area contributed by atoms with E-state index in [1.54, 1.807) is 30.3 Å². The van der Waals surface area contributed by atoms with E-state index in [4.69, 9.17) is 10.2 Å². The quantitative estimate of drug-likeness (QED) is 0.642. The molecule has 0 saturated carbocycles. The molecule has 2 aromatic carbocycles. The summed E-state index contributed by atoms with van der Waals surface area (Å²) >= 11 is 0. The molecule has 128 valence electrons. The Morgan fingerprint density at radius 2 is 1.88 bits per heavy atom. The molecule has 7 heteroatoms. The smallest absolute Gasteiger partial charge is 0.328 e. The Bertz CT molecular complexity index is 862. The van der Waals surface area contributed by atoms with Gasteiger partial charge in [-0.1, -0.05) is 24.3 Å². The second kappa shape index (κ2) is 6.74. The van der Waals surface area contributed by atoms with E-state index in [1.165, 1.54) is 0 Å². The summed E-state index contributed by atoms with van der Waals surface area (Å²) in [6.07, 6.45) is 0. The maximum Gasteiger partial charge on any atom is 0.328 e. The van der Waals surface area contributed by atoms with Gasteiger partial charge in [-0.15, -0.1) is 0 Å². The van der Waals surface area contributed by atoms with Gasteiger partial charge < -0.3 is 20.8 Å². The Balaban J connectivity index is 1.92. The Morgan fingerprint density at radius 1 is 1.16 bits per heavy atom. The van der Waals surface area contributed by atoms with Gasteiger partial charge in [0, 0.05) is 17.7 Å². The van der Waals surface area contributed by atoms with Gasteiger partial charge >= 0.3 is 5.97 Å². The molecule has 0 saturated heterocycles. The zero-order valence-electron chi connectivity index (χ0n) is 13.2. The zero-order valence-corrected chi connectivity index (χ0v) is 13.2. The highest BCUT2D eigenvalue weighted by Crippen LogP contribution is 2.29. The molecule has 0 radical (unpaired) electrons. The van der Waals surface area contributed by atoms with Crippen molar-refractivity contribution in [2.24, 2.45) is 0 Å². The van der Waals surface area contributed by atoms with Crippen LogP contribution in [0.3, 0.4) is 0 Å². The second-order valence-corrected chi connectivity index (χ2v) is 5.64. The number of benzene rings is 2. The van der Waals surface area contributed by atoms with Gasteiger partial charge in [0.15, 0.2) is 6.04 Å². The maximum atomic E-state index is 12.2. The first-order valence-corrected chi connectivity index (χ1v) is 7.66. The number of amides is 2. The first-order chi connectivity index (χ1) is 12.0. The third kappa shape index (κ3) is 3.22. The molecule has 0 fully saturated rings.